The number of ether oxygens (including phenoxy) is 1. The topological polar surface area (TPSA) is 24.5 Å². The molecule has 1 N–H and O–H groups in total. The second-order valence-corrected chi connectivity index (χ2v) is 6.00. The molecule has 0 aliphatic carbocycles. The smallest absolute Gasteiger partial charge is 0.0594 e. The lowest BCUT2D eigenvalue weighted by Gasteiger charge is -2.48. The van der Waals surface area contributed by atoms with E-state index in [1.165, 1.54) is 38.5 Å². The molecule has 3 heteroatoms. The lowest BCUT2D eigenvalue weighted by Crippen LogP contribution is -2.61. The molecule has 1 aliphatic rings. The van der Waals surface area contributed by atoms with Gasteiger partial charge < -0.3 is 10.1 Å². The number of nitrogens with zero attached hydrogens (tertiary/aromatic N) is 1. The Morgan fingerprint density at radius 2 is 1.84 bits per heavy atom. The van der Waals surface area contributed by atoms with E-state index in [9.17, 15) is 0 Å². The molecular weight excluding hydrogens is 236 g/mol. The van der Waals surface area contributed by atoms with Gasteiger partial charge in [-0.05, 0) is 26.8 Å². The molecule has 0 saturated carbocycles. The van der Waals surface area contributed by atoms with Gasteiger partial charge >= 0.3 is 0 Å². The maximum atomic E-state index is 5.50. The zero-order valence-electron chi connectivity index (χ0n) is 13.5. The zero-order chi connectivity index (χ0) is 14.1. The minimum atomic E-state index is 0.269. The van der Waals surface area contributed by atoms with Crippen LogP contribution in [0.15, 0.2) is 0 Å². The summed E-state index contributed by atoms with van der Waals surface area (Å²) in [6.45, 7) is 11.0. The molecule has 3 nitrogen and oxygen atoms in total. The minimum Gasteiger partial charge on any atom is -0.379 e. The van der Waals surface area contributed by atoms with Crippen molar-refractivity contribution < 1.29 is 4.74 Å². The summed E-state index contributed by atoms with van der Waals surface area (Å²) >= 11 is 0. The third-order valence-electron chi connectivity index (χ3n) is 4.89. The van der Waals surface area contributed by atoms with Crippen molar-refractivity contribution in [1.29, 1.82) is 0 Å². The first-order chi connectivity index (χ1) is 9.19. The van der Waals surface area contributed by atoms with Crippen molar-refractivity contribution in [2.24, 2.45) is 0 Å². The van der Waals surface area contributed by atoms with Crippen molar-refractivity contribution >= 4 is 0 Å². The molecule has 0 spiro atoms. The van der Waals surface area contributed by atoms with Gasteiger partial charge in [-0.15, -0.1) is 0 Å². The number of nitrogens with one attached hydrogen (secondary N) is 1. The molecule has 1 saturated heterocycles. The quantitative estimate of drug-likeness (QED) is 0.652. The van der Waals surface area contributed by atoms with Crippen LogP contribution in [-0.4, -0.2) is 49.8 Å². The molecule has 2 atom stereocenters. The van der Waals surface area contributed by atoms with Crippen molar-refractivity contribution in [2.45, 2.75) is 70.9 Å². The molecule has 19 heavy (non-hydrogen) atoms. The Kier molecular flexibility index (Phi) is 7.96. The van der Waals surface area contributed by atoms with Crippen molar-refractivity contribution in [2.75, 3.05) is 33.4 Å². The molecule has 0 aromatic carbocycles. The molecule has 2 unspecified atom stereocenters. The van der Waals surface area contributed by atoms with Crippen LogP contribution in [0.25, 0.3) is 0 Å². The third kappa shape index (κ3) is 4.73. The van der Waals surface area contributed by atoms with Crippen LogP contribution < -0.4 is 5.32 Å². The Morgan fingerprint density at radius 1 is 1.16 bits per heavy atom. The van der Waals surface area contributed by atoms with Crippen molar-refractivity contribution in [3.63, 3.8) is 0 Å². The fourth-order valence-corrected chi connectivity index (χ4v) is 3.31. The van der Waals surface area contributed by atoms with Crippen LogP contribution in [0.2, 0.25) is 0 Å². The number of hydrogen-bond donors (Lipinski definition) is 1. The molecule has 1 heterocycles. The lowest BCUT2D eigenvalue weighted by molar-refractivity contribution is -0.0327. The van der Waals surface area contributed by atoms with E-state index in [0.717, 1.165) is 26.3 Å². The summed E-state index contributed by atoms with van der Waals surface area (Å²) in [7, 11) is 2.12. The summed E-state index contributed by atoms with van der Waals surface area (Å²) in [6.07, 6.45) is 7.90. The summed E-state index contributed by atoms with van der Waals surface area (Å²) in [5.74, 6) is 0. The number of hydrogen-bond acceptors (Lipinski definition) is 3. The van der Waals surface area contributed by atoms with E-state index >= 15 is 0 Å². The first kappa shape index (κ1) is 16.9. The van der Waals surface area contributed by atoms with E-state index in [-0.39, 0.29) is 5.54 Å². The van der Waals surface area contributed by atoms with Gasteiger partial charge in [0.05, 0.1) is 13.2 Å². The van der Waals surface area contributed by atoms with E-state index in [1.807, 2.05) is 0 Å². The fourth-order valence-electron chi connectivity index (χ4n) is 3.31. The molecule has 1 fully saturated rings. The largest absolute Gasteiger partial charge is 0.379 e. The summed E-state index contributed by atoms with van der Waals surface area (Å²) < 4.78 is 5.50. The minimum absolute atomic E-state index is 0.269. The van der Waals surface area contributed by atoms with Crippen LogP contribution in [0, 0.1) is 0 Å². The van der Waals surface area contributed by atoms with Crippen molar-refractivity contribution in [3.05, 3.63) is 0 Å². The van der Waals surface area contributed by atoms with Gasteiger partial charge in [-0.3, -0.25) is 4.90 Å². The van der Waals surface area contributed by atoms with Gasteiger partial charge in [-0.25, -0.2) is 0 Å². The zero-order valence-corrected chi connectivity index (χ0v) is 13.5. The van der Waals surface area contributed by atoms with Gasteiger partial charge in [0.2, 0.25) is 0 Å². The molecule has 0 aromatic heterocycles. The number of likely N-dealkylation sites (N-methyl/N-ethyl adjacent to an activating group) is 1. The molecular formula is C16H34N2O. The average Bonchev–Trinajstić information content (AvgIpc) is 2.47. The maximum absolute atomic E-state index is 5.50. The monoisotopic (exact) mass is 270 g/mol. The highest BCUT2D eigenvalue weighted by atomic mass is 16.5. The molecule has 1 rings (SSSR count). The number of unbranched alkanes of at least 4 members (excludes halogenated alkanes) is 3. The van der Waals surface area contributed by atoms with Crippen LogP contribution in [0.1, 0.15) is 59.3 Å². The normalized spacial score (nSPS) is 22.1. The third-order valence-corrected chi connectivity index (χ3v) is 4.89. The van der Waals surface area contributed by atoms with Crippen molar-refractivity contribution in [3.8, 4) is 0 Å². The lowest BCUT2D eigenvalue weighted by atomic mass is 9.83. The van der Waals surface area contributed by atoms with Gasteiger partial charge in [0.25, 0.3) is 0 Å². The Balaban J connectivity index is 2.56. The molecule has 0 aromatic rings. The Labute approximate surface area is 120 Å². The summed E-state index contributed by atoms with van der Waals surface area (Å²) in [5, 5.41) is 3.59. The predicted molar refractivity (Wildman–Crippen MR) is 82.7 cm³/mol. The van der Waals surface area contributed by atoms with E-state index in [2.05, 4.69) is 38.0 Å². The van der Waals surface area contributed by atoms with Crippen LogP contribution in [0.5, 0.6) is 0 Å². The van der Waals surface area contributed by atoms with E-state index in [1.54, 1.807) is 0 Å². The summed E-state index contributed by atoms with van der Waals surface area (Å²) in [5.41, 5.74) is 0.269. The standard InChI is InChI=1S/C16H34N2O/c1-5-7-8-9-10-15(17-4)16(3,6-2)18-11-13-19-14-12-18/h15,17H,5-14H2,1-4H3. The SMILES string of the molecule is CCCCCCC(NC)C(C)(CC)N1CCOCC1. The van der Waals surface area contributed by atoms with Gasteiger partial charge in [-0.2, -0.15) is 0 Å². The maximum Gasteiger partial charge on any atom is 0.0594 e. The Morgan fingerprint density at radius 3 is 2.37 bits per heavy atom. The van der Waals surface area contributed by atoms with Crippen LogP contribution in [0.4, 0.5) is 0 Å². The second-order valence-electron chi connectivity index (χ2n) is 6.00. The fraction of sp³-hybridized carbons (Fsp3) is 1.00. The highest BCUT2D eigenvalue weighted by Crippen LogP contribution is 2.27. The van der Waals surface area contributed by atoms with E-state index in [0.29, 0.717) is 6.04 Å². The number of morpholine rings is 1. The van der Waals surface area contributed by atoms with Gasteiger partial charge in [0.1, 0.15) is 0 Å². The Bertz CT molecular complexity index is 229. The molecule has 0 bridgehead atoms. The molecule has 114 valence electrons. The van der Waals surface area contributed by atoms with Gasteiger partial charge in [-0.1, -0.05) is 39.5 Å². The first-order valence-electron chi connectivity index (χ1n) is 8.19. The van der Waals surface area contributed by atoms with Crippen LogP contribution in [-0.2, 0) is 4.74 Å². The summed E-state index contributed by atoms with van der Waals surface area (Å²) in [6, 6.07) is 0.590. The molecule has 0 amide bonds. The van der Waals surface area contributed by atoms with E-state index in [4.69, 9.17) is 4.74 Å². The first-order valence-corrected chi connectivity index (χ1v) is 8.19. The van der Waals surface area contributed by atoms with E-state index < -0.39 is 0 Å². The van der Waals surface area contributed by atoms with Gasteiger partial charge in [0, 0.05) is 24.7 Å². The van der Waals surface area contributed by atoms with Gasteiger partial charge in [0.15, 0.2) is 0 Å². The average molecular weight is 270 g/mol. The predicted octanol–water partition coefficient (Wildman–Crippen LogP) is 3.05. The number of rotatable bonds is 9. The van der Waals surface area contributed by atoms with Crippen LogP contribution >= 0.6 is 0 Å². The highest BCUT2D eigenvalue weighted by molar-refractivity contribution is 4.96. The molecule has 0 radical (unpaired) electrons. The summed E-state index contributed by atoms with van der Waals surface area (Å²) in [4.78, 5) is 2.64. The second kappa shape index (κ2) is 8.93. The molecule has 1 aliphatic heterocycles. The highest BCUT2D eigenvalue weighted by Gasteiger charge is 2.37. The van der Waals surface area contributed by atoms with Crippen LogP contribution in [0.3, 0.4) is 0 Å². The Hall–Kier alpha value is -0.120. The van der Waals surface area contributed by atoms with Crippen molar-refractivity contribution in [1.82, 2.24) is 10.2 Å².